The number of nitrogens with zero attached hydrogens (tertiary/aromatic N) is 1. The van der Waals surface area contributed by atoms with E-state index in [-0.39, 0.29) is 11.5 Å². The van der Waals surface area contributed by atoms with Crippen LogP contribution in [0, 0.1) is 21.4 Å². The van der Waals surface area contributed by atoms with Crippen LogP contribution in [0.25, 0.3) is 0 Å². The van der Waals surface area contributed by atoms with Crippen molar-refractivity contribution >= 4 is 5.97 Å². The van der Waals surface area contributed by atoms with Gasteiger partial charge in [0, 0.05) is 4.92 Å². The van der Waals surface area contributed by atoms with Crippen LogP contribution in [0.4, 0.5) is 0 Å². The Bertz CT molecular complexity index is 568. The van der Waals surface area contributed by atoms with Crippen LogP contribution >= 0.6 is 0 Å². The molecule has 0 saturated carbocycles. The lowest BCUT2D eigenvalue weighted by atomic mass is 9.73. The fraction of sp³-hybridized carbons (Fsp3) is 0.588. The third-order valence-electron chi connectivity index (χ3n) is 4.37. The zero-order valence-electron chi connectivity index (χ0n) is 14.0. The van der Waals surface area contributed by atoms with E-state index in [1.807, 2.05) is 51.1 Å². The van der Waals surface area contributed by atoms with Gasteiger partial charge in [-0.2, -0.15) is 0 Å². The summed E-state index contributed by atoms with van der Waals surface area (Å²) in [5.41, 5.74) is 0.404. The molecule has 0 amide bonds. The number of esters is 1. The lowest BCUT2D eigenvalue weighted by Crippen LogP contribution is -2.45. The van der Waals surface area contributed by atoms with Gasteiger partial charge in [0.2, 0.25) is 6.04 Å². The zero-order chi connectivity index (χ0) is 17.2. The average molecular weight is 320 g/mol. The summed E-state index contributed by atoms with van der Waals surface area (Å²) >= 11 is 0. The summed E-state index contributed by atoms with van der Waals surface area (Å²) in [7, 11) is 0. The Hall–Kier alpha value is -1.95. The summed E-state index contributed by atoms with van der Waals surface area (Å²) in [5, 5.41) is 14.9. The fourth-order valence-corrected chi connectivity index (χ4v) is 3.47. The first-order chi connectivity index (χ1) is 10.8. The Morgan fingerprint density at radius 2 is 1.91 bits per heavy atom. The molecule has 1 fully saturated rings. The second-order valence-electron chi connectivity index (χ2n) is 6.95. The highest BCUT2D eigenvalue weighted by Gasteiger charge is 2.58. The number of hydrogen-bond donors (Lipinski definition) is 1. The maximum atomic E-state index is 12.3. The number of ether oxygens (including phenoxy) is 1. The quantitative estimate of drug-likeness (QED) is 0.524. The van der Waals surface area contributed by atoms with E-state index in [1.165, 1.54) is 0 Å². The van der Waals surface area contributed by atoms with Crippen LogP contribution in [0.2, 0.25) is 0 Å². The van der Waals surface area contributed by atoms with Crippen molar-refractivity contribution in [2.45, 2.75) is 45.8 Å². The van der Waals surface area contributed by atoms with Gasteiger partial charge in [0.05, 0.1) is 12.5 Å². The molecule has 1 saturated heterocycles. The molecule has 1 aromatic rings. The molecule has 126 valence electrons. The predicted molar refractivity (Wildman–Crippen MR) is 86.5 cm³/mol. The van der Waals surface area contributed by atoms with E-state index in [2.05, 4.69) is 5.32 Å². The van der Waals surface area contributed by atoms with Gasteiger partial charge in [-0.15, -0.1) is 0 Å². The topological polar surface area (TPSA) is 81.5 Å². The van der Waals surface area contributed by atoms with Crippen molar-refractivity contribution in [3.05, 3.63) is 46.0 Å². The molecule has 23 heavy (non-hydrogen) atoms. The van der Waals surface area contributed by atoms with E-state index in [9.17, 15) is 14.9 Å². The van der Waals surface area contributed by atoms with Crippen molar-refractivity contribution in [1.82, 2.24) is 5.32 Å². The van der Waals surface area contributed by atoms with Crippen molar-refractivity contribution in [1.29, 1.82) is 0 Å². The van der Waals surface area contributed by atoms with Crippen molar-refractivity contribution < 1.29 is 14.5 Å². The van der Waals surface area contributed by atoms with Gasteiger partial charge in [0.15, 0.2) is 0 Å². The lowest BCUT2D eigenvalue weighted by molar-refractivity contribution is -0.535. The minimum absolute atomic E-state index is 0.257. The number of rotatable bonds is 4. The van der Waals surface area contributed by atoms with Crippen LogP contribution < -0.4 is 5.32 Å². The Labute approximate surface area is 136 Å². The molecule has 0 aromatic heterocycles. The molecular formula is C17H24N2O4. The molecule has 1 N–H and O–H groups in total. The highest BCUT2D eigenvalue weighted by molar-refractivity contribution is 5.77. The number of benzene rings is 1. The number of carbonyl (C=O) groups is 1. The molecule has 1 aliphatic rings. The molecule has 4 atom stereocenters. The second-order valence-corrected chi connectivity index (χ2v) is 6.95. The van der Waals surface area contributed by atoms with Gasteiger partial charge in [-0.3, -0.25) is 20.2 Å². The highest BCUT2D eigenvalue weighted by Crippen LogP contribution is 2.43. The molecule has 0 aliphatic carbocycles. The molecule has 6 nitrogen and oxygen atoms in total. The average Bonchev–Trinajstić information content (AvgIpc) is 2.89. The third-order valence-corrected chi connectivity index (χ3v) is 4.37. The van der Waals surface area contributed by atoms with Crippen LogP contribution in [0.15, 0.2) is 30.3 Å². The van der Waals surface area contributed by atoms with Crippen LogP contribution in [0.5, 0.6) is 0 Å². The minimum Gasteiger partial charge on any atom is -0.465 e. The van der Waals surface area contributed by atoms with Crippen molar-refractivity contribution in [3.8, 4) is 0 Å². The number of carbonyl (C=O) groups excluding carboxylic acids is 1. The molecule has 0 bridgehead atoms. The van der Waals surface area contributed by atoms with Crippen LogP contribution in [0.1, 0.15) is 39.3 Å². The van der Waals surface area contributed by atoms with Crippen molar-refractivity contribution in [2.75, 3.05) is 6.61 Å². The van der Waals surface area contributed by atoms with E-state index in [0.29, 0.717) is 0 Å². The second kappa shape index (κ2) is 6.66. The molecule has 0 unspecified atom stereocenters. The summed E-state index contributed by atoms with van der Waals surface area (Å²) < 4.78 is 5.14. The Kier molecular flexibility index (Phi) is 5.04. The van der Waals surface area contributed by atoms with Crippen molar-refractivity contribution in [2.24, 2.45) is 11.3 Å². The Morgan fingerprint density at radius 1 is 1.30 bits per heavy atom. The van der Waals surface area contributed by atoms with Gasteiger partial charge in [-0.05, 0) is 17.9 Å². The Morgan fingerprint density at radius 3 is 2.39 bits per heavy atom. The van der Waals surface area contributed by atoms with E-state index < -0.39 is 35.4 Å². The Balaban J connectivity index is 2.45. The molecule has 2 rings (SSSR count). The number of nitrogens with one attached hydrogen (secondary N) is 1. The fourth-order valence-electron chi connectivity index (χ4n) is 3.47. The van der Waals surface area contributed by atoms with Crippen molar-refractivity contribution in [3.63, 3.8) is 0 Å². The van der Waals surface area contributed by atoms with Gasteiger partial charge in [0.1, 0.15) is 12.1 Å². The van der Waals surface area contributed by atoms with Crippen LogP contribution in [-0.2, 0) is 9.53 Å². The normalized spacial score (nSPS) is 27.7. The highest BCUT2D eigenvalue weighted by atomic mass is 16.6. The molecule has 1 aliphatic heterocycles. The maximum absolute atomic E-state index is 12.3. The van der Waals surface area contributed by atoms with E-state index in [1.54, 1.807) is 6.92 Å². The molecule has 0 radical (unpaired) electrons. The van der Waals surface area contributed by atoms with Gasteiger partial charge < -0.3 is 4.74 Å². The summed E-state index contributed by atoms with van der Waals surface area (Å²) in [6.07, 6.45) is 0. The SMILES string of the molecule is CCOC(=O)[C@@H]1N[C@H](c2ccccc2)[C@H]([N+](=O)[O-])[C@@H]1C(C)(C)C. The van der Waals surface area contributed by atoms with Crippen LogP contribution in [-0.4, -0.2) is 29.6 Å². The van der Waals surface area contributed by atoms with Gasteiger partial charge in [-0.25, -0.2) is 0 Å². The van der Waals surface area contributed by atoms with E-state index in [4.69, 9.17) is 4.74 Å². The van der Waals surface area contributed by atoms with Crippen LogP contribution in [0.3, 0.4) is 0 Å². The van der Waals surface area contributed by atoms with Gasteiger partial charge in [0.25, 0.3) is 0 Å². The zero-order valence-corrected chi connectivity index (χ0v) is 14.0. The first-order valence-corrected chi connectivity index (χ1v) is 7.88. The first-order valence-electron chi connectivity index (χ1n) is 7.88. The monoisotopic (exact) mass is 320 g/mol. The molecule has 6 heteroatoms. The van der Waals surface area contributed by atoms with E-state index in [0.717, 1.165) is 5.56 Å². The standard InChI is InChI=1S/C17H24N2O4/c1-5-23-16(20)14-12(17(2,3)4)15(19(21)22)13(18-14)11-9-7-6-8-10-11/h6-10,12-15,18H,5H2,1-4H3/t12-,13-,14-,15-/m1/s1. The number of nitro groups is 1. The lowest BCUT2D eigenvalue weighted by Gasteiger charge is -2.31. The first kappa shape index (κ1) is 17.4. The maximum Gasteiger partial charge on any atom is 0.323 e. The molecule has 1 aromatic carbocycles. The molecular weight excluding hydrogens is 296 g/mol. The molecule has 1 heterocycles. The van der Waals surface area contributed by atoms with Gasteiger partial charge in [-0.1, -0.05) is 51.1 Å². The predicted octanol–water partition coefficient (Wildman–Crippen LogP) is 2.57. The third kappa shape index (κ3) is 3.52. The number of hydrogen-bond acceptors (Lipinski definition) is 5. The summed E-state index contributed by atoms with van der Waals surface area (Å²) in [4.78, 5) is 23.9. The summed E-state index contributed by atoms with van der Waals surface area (Å²) in [6.45, 7) is 7.77. The van der Waals surface area contributed by atoms with E-state index >= 15 is 0 Å². The molecule has 0 spiro atoms. The van der Waals surface area contributed by atoms with Gasteiger partial charge >= 0.3 is 5.97 Å². The largest absolute Gasteiger partial charge is 0.465 e. The summed E-state index contributed by atoms with van der Waals surface area (Å²) in [6, 6.07) is 7.18. The summed E-state index contributed by atoms with van der Waals surface area (Å²) in [5.74, 6) is -0.875. The minimum atomic E-state index is -0.883. The smallest absolute Gasteiger partial charge is 0.323 e.